The van der Waals surface area contributed by atoms with Crippen molar-refractivity contribution in [3.8, 4) is 0 Å². The third-order valence-corrected chi connectivity index (χ3v) is 4.09. The van der Waals surface area contributed by atoms with Gasteiger partial charge in [0.05, 0.1) is 0 Å². The van der Waals surface area contributed by atoms with Crippen LogP contribution in [0.25, 0.3) is 0 Å². The van der Waals surface area contributed by atoms with Crippen molar-refractivity contribution in [1.29, 1.82) is 0 Å². The summed E-state index contributed by atoms with van der Waals surface area (Å²) in [5.41, 5.74) is 0. The van der Waals surface area contributed by atoms with Crippen LogP contribution in [0.5, 0.6) is 0 Å². The maximum atomic E-state index is 11.4. The molecule has 1 saturated heterocycles. The highest BCUT2D eigenvalue weighted by Crippen LogP contribution is 2.28. The molecule has 1 saturated carbocycles. The summed E-state index contributed by atoms with van der Waals surface area (Å²) in [6.07, 6.45) is 8.43. The second kappa shape index (κ2) is 5.67. The Morgan fingerprint density at radius 1 is 1.25 bits per heavy atom. The second-order valence-corrected chi connectivity index (χ2v) is 5.39. The van der Waals surface area contributed by atoms with Gasteiger partial charge in [-0.3, -0.25) is 4.79 Å². The highest BCUT2D eigenvalue weighted by molar-refractivity contribution is 5.76. The first-order valence-electron chi connectivity index (χ1n) is 6.78. The van der Waals surface area contributed by atoms with Crippen LogP contribution < -0.4 is 10.6 Å². The van der Waals surface area contributed by atoms with E-state index in [9.17, 15) is 4.79 Å². The van der Waals surface area contributed by atoms with E-state index in [4.69, 9.17) is 0 Å². The molecule has 0 aromatic rings. The van der Waals surface area contributed by atoms with E-state index in [0.717, 1.165) is 25.3 Å². The molecule has 16 heavy (non-hydrogen) atoms. The van der Waals surface area contributed by atoms with Crippen LogP contribution in [0.3, 0.4) is 0 Å². The highest BCUT2D eigenvalue weighted by Gasteiger charge is 2.25. The van der Waals surface area contributed by atoms with E-state index in [0.29, 0.717) is 18.5 Å². The van der Waals surface area contributed by atoms with E-state index in [-0.39, 0.29) is 5.91 Å². The zero-order chi connectivity index (χ0) is 11.4. The van der Waals surface area contributed by atoms with Gasteiger partial charge in [0, 0.05) is 25.0 Å². The minimum absolute atomic E-state index is 0.216. The van der Waals surface area contributed by atoms with Gasteiger partial charge in [-0.1, -0.05) is 12.8 Å². The van der Waals surface area contributed by atoms with E-state index in [2.05, 4.69) is 17.6 Å². The third-order valence-electron chi connectivity index (χ3n) is 4.09. The maximum absolute atomic E-state index is 11.4. The van der Waals surface area contributed by atoms with Gasteiger partial charge in [-0.2, -0.15) is 0 Å². The summed E-state index contributed by atoms with van der Waals surface area (Å²) in [7, 11) is 0. The van der Waals surface area contributed by atoms with Gasteiger partial charge in [0.2, 0.25) is 5.91 Å². The number of carbonyl (C=O) groups excluding carboxylic acids is 1. The molecule has 3 nitrogen and oxygen atoms in total. The summed E-state index contributed by atoms with van der Waals surface area (Å²) >= 11 is 0. The summed E-state index contributed by atoms with van der Waals surface area (Å²) in [6, 6.07) is 0.983. The average molecular weight is 224 g/mol. The summed E-state index contributed by atoms with van der Waals surface area (Å²) in [4.78, 5) is 11.4. The fourth-order valence-electron chi connectivity index (χ4n) is 3.08. The Balaban J connectivity index is 1.80. The van der Waals surface area contributed by atoms with Gasteiger partial charge >= 0.3 is 0 Å². The fraction of sp³-hybridized carbons (Fsp3) is 0.923. The molecule has 2 aliphatic rings. The van der Waals surface area contributed by atoms with Gasteiger partial charge in [0.15, 0.2) is 0 Å². The summed E-state index contributed by atoms with van der Waals surface area (Å²) < 4.78 is 0. The third kappa shape index (κ3) is 3.21. The van der Waals surface area contributed by atoms with Crippen LogP contribution >= 0.6 is 0 Å². The number of carbonyl (C=O) groups is 1. The molecule has 1 unspecified atom stereocenters. The highest BCUT2D eigenvalue weighted by atomic mass is 16.1. The molecule has 0 aromatic heterocycles. The first-order chi connectivity index (χ1) is 7.75. The molecule has 3 heteroatoms. The molecule has 2 rings (SSSR count). The Morgan fingerprint density at radius 2 is 2.00 bits per heavy atom. The zero-order valence-corrected chi connectivity index (χ0v) is 10.3. The van der Waals surface area contributed by atoms with Gasteiger partial charge in [-0.25, -0.2) is 0 Å². The van der Waals surface area contributed by atoms with Crippen LogP contribution in [-0.2, 0) is 4.79 Å². The quantitative estimate of drug-likeness (QED) is 0.768. The smallest absolute Gasteiger partial charge is 0.221 e. The Bertz CT molecular complexity index is 236. The predicted octanol–water partition coefficient (Wildman–Crippen LogP) is 1.82. The van der Waals surface area contributed by atoms with Crippen LogP contribution in [0.4, 0.5) is 0 Å². The van der Waals surface area contributed by atoms with Gasteiger partial charge in [0.25, 0.3) is 0 Å². The van der Waals surface area contributed by atoms with Crippen molar-refractivity contribution in [2.75, 3.05) is 6.54 Å². The van der Waals surface area contributed by atoms with Gasteiger partial charge in [-0.05, 0) is 38.5 Å². The maximum Gasteiger partial charge on any atom is 0.221 e. The summed E-state index contributed by atoms with van der Waals surface area (Å²) in [5.74, 6) is 1.06. The molecule has 1 amide bonds. The summed E-state index contributed by atoms with van der Waals surface area (Å²) in [6.45, 7) is 3.15. The predicted molar refractivity (Wildman–Crippen MR) is 65.2 cm³/mol. The minimum Gasteiger partial charge on any atom is -0.356 e. The molecule has 2 atom stereocenters. The van der Waals surface area contributed by atoms with Crippen LogP contribution in [0.15, 0.2) is 0 Å². The standard InChI is InChI=1S/C13H24N2O/c1-10(11-5-2-3-6-11)15-12-7-4-8-14-13(16)9-12/h10-12,15H,2-9H2,1H3,(H,14,16)/t10-,12?/m1/s1. The van der Waals surface area contributed by atoms with Crippen LogP contribution in [0.2, 0.25) is 0 Å². The van der Waals surface area contributed by atoms with Crippen molar-refractivity contribution in [2.24, 2.45) is 5.92 Å². The SMILES string of the molecule is C[C@@H](NC1CCCNC(=O)C1)C1CCCC1. The van der Waals surface area contributed by atoms with E-state index < -0.39 is 0 Å². The van der Waals surface area contributed by atoms with E-state index in [1.807, 2.05) is 0 Å². The lowest BCUT2D eigenvalue weighted by atomic mass is 9.97. The Kier molecular flexibility index (Phi) is 4.22. The molecule has 0 spiro atoms. The normalized spacial score (nSPS) is 29.8. The largest absolute Gasteiger partial charge is 0.356 e. The Labute approximate surface area is 98.4 Å². The van der Waals surface area contributed by atoms with Crippen LogP contribution in [-0.4, -0.2) is 24.5 Å². The topological polar surface area (TPSA) is 41.1 Å². The molecule has 1 heterocycles. The molecular formula is C13H24N2O. The van der Waals surface area contributed by atoms with Crippen molar-refractivity contribution >= 4 is 5.91 Å². The summed E-state index contributed by atoms with van der Waals surface area (Å²) in [5, 5.41) is 6.61. The number of rotatable bonds is 3. The Hall–Kier alpha value is -0.570. The molecule has 1 aliphatic heterocycles. The van der Waals surface area contributed by atoms with E-state index in [1.54, 1.807) is 0 Å². The molecule has 0 aromatic carbocycles. The Morgan fingerprint density at radius 3 is 2.75 bits per heavy atom. The number of nitrogens with one attached hydrogen (secondary N) is 2. The first kappa shape index (κ1) is 11.9. The molecule has 92 valence electrons. The van der Waals surface area contributed by atoms with Crippen LogP contribution in [0.1, 0.15) is 51.9 Å². The van der Waals surface area contributed by atoms with E-state index in [1.165, 1.54) is 25.7 Å². The molecule has 0 bridgehead atoms. The van der Waals surface area contributed by atoms with Crippen molar-refractivity contribution in [1.82, 2.24) is 10.6 Å². The van der Waals surface area contributed by atoms with E-state index >= 15 is 0 Å². The zero-order valence-electron chi connectivity index (χ0n) is 10.3. The number of hydrogen-bond donors (Lipinski definition) is 2. The molecule has 1 aliphatic carbocycles. The number of amides is 1. The minimum atomic E-state index is 0.216. The molecule has 0 radical (unpaired) electrons. The van der Waals surface area contributed by atoms with Gasteiger partial charge in [-0.15, -0.1) is 0 Å². The monoisotopic (exact) mass is 224 g/mol. The van der Waals surface area contributed by atoms with Crippen molar-refractivity contribution in [3.63, 3.8) is 0 Å². The molecular weight excluding hydrogens is 200 g/mol. The molecule has 2 N–H and O–H groups in total. The average Bonchev–Trinajstić information content (AvgIpc) is 2.70. The lowest BCUT2D eigenvalue weighted by Crippen LogP contribution is -2.41. The van der Waals surface area contributed by atoms with Crippen molar-refractivity contribution in [2.45, 2.75) is 64.0 Å². The lowest BCUT2D eigenvalue weighted by Gasteiger charge is -2.25. The van der Waals surface area contributed by atoms with Crippen molar-refractivity contribution < 1.29 is 4.79 Å². The van der Waals surface area contributed by atoms with Gasteiger partial charge in [0.1, 0.15) is 0 Å². The van der Waals surface area contributed by atoms with Crippen LogP contribution in [0, 0.1) is 5.92 Å². The fourth-order valence-corrected chi connectivity index (χ4v) is 3.08. The lowest BCUT2D eigenvalue weighted by molar-refractivity contribution is -0.121. The van der Waals surface area contributed by atoms with Crippen molar-refractivity contribution in [3.05, 3.63) is 0 Å². The number of hydrogen-bond acceptors (Lipinski definition) is 2. The molecule has 2 fully saturated rings. The first-order valence-corrected chi connectivity index (χ1v) is 6.78. The van der Waals surface area contributed by atoms with Gasteiger partial charge < -0.3 is 10.6 Å². The second-order valence-electron chi connectivity index (χ2n) is 5.39.